The molecule has 1 saturated heterocycles. The van der Waals surface area contributed by atoms with E-state index in [2.05, 4.69) is 5.32 Å². The highest BCUT2D eigenvalue weighted by Gasteiger charge is 2.09. The molecule has 0 saturated carbocycles. The monoisotopic (exact) mass is 115 g/mol. The average molecular weight is 115 g/mol. The van der Waals surface area contributed by atoms with E-state index >= 15 is 0 Å². The third-order valence-electron chi connectivity index (χ3n) is 1.30. The highest BCUT2D eigenvalue weighted by Crippen LogP contribution is 1.84. The maximum atomic E-state index is 10.6. The van der Waals surface area contributed by atoms with E-state index in [0.29, 0.717) is 13.1 Å². The molecule has 1 rings (SSSR count). The van der Waals surface area contributed by atoms with Gasteiger partial charge < -0.3 is 5.32 Å². The predicted octanol–water partition coefficient (Wildman–Crippen LogP) is -0.241. The van der Waals surface area contributed by atoms with Crippen molar-refractivity contribution in [1.29, 1.82) is 0 Å². The minimum Gasteiger partial charge on any atom is -0.311 e. The lowest BCUT2D eigenvalue weighted by atomic mass is 10.4. The Labute approximate surface area is 48.6 Å². The van der Waals surface area contributed by atoms with Gasteiger partial charge in [0.1, 0.15) is 0 Å². The van der Waals surface area contributed by atoms with Gasteiger partial charge in [-0.2, -0.15) is 0 Å². The number of nitrogens with zero attached hydrogens (tertiary/aromatic N) is 1. The van der Waals surface area contributed by atoms with Crippen LogP contribution < -0.4 is 5.32 Å². The fourth-order valence-corrected chi connectivity index (χ4v) is 0.821. The lowest BCUT2D eigenvalue weighted by Gasteiger charge is -1.87. The molecule has 1 aliphatic rings. The van der Waals surface area contributed by atoms with Crippen molar-refractivity contribution in [1.82, 2.24) is 5.32 Å². The molecule has 3 heteroatoms. The molecule has 46 valence electrons. The van der Waals surface area contributed by atoms with Gasteiger partial charge in [-0.1, -0.05) is 0 Å². The highest BCUT2D eigenvalue weighted by atomic mass is 16.3. The van der Waals surface area contributed by atoms with Crippen LogP contribution in [0.15, 0.2) is 0 Å². The van der Waals surface area contributed by atoms with Crippen molar-refractivity contribution in [2.45, 2.75) is 6.42 Å². The summed E-state index contributed by atoms with van der Waals surface area (Å²) in [5.41, 5.74) is 0. The molecule has 0 radical (unpaired) electrons. The van der Waals surface area contributed by atoms with Crippen molar-refractivity contribution in [3.05, 3.63) is 4.91 Å². The van der Waals surface area contributed by atoms with E-state index < -0.39 is 0 Å². The molecule has 0 aromatic heterocycles. The van der Waals surface area contributed by atoms with Gasteiger partial charge in [0.2, 0.25) is 6.54 Å². The second kappa shape index (κ2) is 2.77. The number of hydrogen-bond acceptors (Lipinski definition) is 2. The van der Waals surface area contributed by atoms with E-state index in [1.165, 1.54) is 0 Å². The molecule has 0 atom stereocenters. The zero-order valence-electron chi connectivity index (χ0n) is 4.89. The second-order valence-corrected chi connectivity index (χ2v) is 2.03. The van der Waals surface area contributed by atoms with E-state index in [4.69, 9.17) is 0 Å². The minimum absolute atomic E-state index is 0.653. The molecule has 0 unspecified atom stereocenters. The van der Waals surface area contributed by atoms with Crippen molar-refractivity contribution < 1.29 is 4.76 Å². The van der Waals surface area contributed by atoms with Crippen molar-refractivity contribution >= 4 is 0 Å². The summed E-state index contributed by atoms with van der Waals surface area (Å²) in [5.74, 6) is 0. The van der Waals surface area contributed by atoms with Crippen LogP contribution in [-0.2, 0) is 0 Å². The summed E-state index contributed by atoms with van der Waals surface area (Å²) in [5, 5.41) is 3.14. The molecular formula is C5H11N2O+. The highest BCUT2D eigenvalue weighted by molar-refractivity contribution is 4.48. The number of hydrogen-bond donors (Lipinski definition) is 1. The van der Waals surface area contributed by atoms with E-state index in [9.17, 15) is 4.91 Å². The van der Waals surface area contributed by atoms with Crippen LogP contribution in [0.2, 0.25) is 0 Å². The van der Waals surface area contributed by atoms with E-state index in [0.717, 1.165) is 24.3 Å². The molecule has 0 amide bonds. The molecule has 0 aromatic carbocycles. The Morgan fingerprint density at radius 2 is 2.12 bits per heavy atom. The Bertz CT molecular complexity index is 82.4. The summed E-state index contributed by atoms with van der Waals surface area (Å²) in [7, 11) is 0. The molecule has 1 fully saturated rings. The summed E-state index contributed by atoms with van der Waals surface area (Å²) >= 11 is 0. The Hall–Kier alpha value is -0.440. The third-order valence-corrected chi connectivity index (χ3v) is 1.30. The quantitative estimate of drug-likeness (QED) is 0.442. The van der Waals surface area contributed by atoms with E-state index in [1.807, 2.05) is 0 Å². The lowest BCUT2D eigenvalue weighted by Crippen LogP contribution is -2.18. The van der Waals surface area contributed by atoms with Gasteiger partial charge >= 0.3 is 0 Å². The predicted molar refractivity (Wildman–Crippen MR) is 30.8 cm³/mol. The number of rotatable bonds is 0. The van der Waals surface area contributed by atoms with Crippen molar-refractivity contribution in [3.63, 3.8) is 0 Å². The first kappa shape index (κ1) is 5.69. The molecule has 0 aromatic rings. The van der Waals surface area contributed by atoms with Crippen LogP contribution in [0.25, 0.3) is 0 Å². The Morgan fingerprint density at radius 1 is 1.25 bits per heavy atom. The summed E-state index contributed by atoms with van der Waals surface area (Å²) in [6.45, 7) is 3.20. The van der Waals surface area contributed by atoms with Crippen LogP contribution in [-0.4, -0.2) is 30.9 Å². The van der Waals surface area contributed by atoms with Gasteiger partial charge in [-0.25, -0.2) is 0 Å². The second-order valence-electron chi connectivity index (χ2n) is 2.03. The first-order chi connectivity index (χ1) is 3.89. The average Bonchev–Trinajstić information content (AvgIpc) is 1.94. The minimum atomic E-state index is 0.653. The van der Waals surface area contributed by atoms with Gasteiger partial charge in [-0.3, -0.25) is 0 Å². The zero-order chi connectivity index (χ0) is 5.82. The topological polar surface area (TPSA) is 32.1 Å². The first-order valence-corrected chi connectivity index (χ1v) is 3.02. The Morgan fingerprint density at radius 3 is 3.00 bits per heavy atom. The molecule has 1 N–H and O–H groups in total. The molecule has 1 aliphatic heterocycles. The fraction of sp³-hybridized carbons (Fsp3) is 1.00. The van der Waals surface area contributed by atoms with Gasteiger partial charge in [-0.05, 0) is 4.76 Å². The standard InChI is InChI=1S/C5H11N2O/c8-7-4-1-2-6-3-5-7/h6H,1-5H2/q+1. The Balaban J connectivity index is 2.27. The van der Waals surface area contributed by atoms with Gasteiger partial charge in [0.05, 0.1) is 6.54 Å². The van der Waals surface area contributed by atoms with Crippen LogP contribution in [0, 0.1) is 4.91 Å². The normalized spacial score (nSPS) is 22.8. The first-order valence-electron chi connectivity index (χ1n) is 3.02. The van der Waals surface area contributed by atoms with Crippen LogP contribution in [0.5, 0.6) is 0 Å². The maximum absolute atomic E-state index is 10.6. The molecule has 1 heterocycles. The SMILES string of the molecule is O=[N+]1CCCNCC1. The molecule has 0 bridgehead atoms. The summed E-state index contributed by atoms with van der Waals surface area (Å²) < 4.78 is 1.11. The summed E-state index contributed by atoms with van der Waals surface area (Å²) in [6.07, 6.45) is 0.990. The van der Waals surface area contributed by atoms with Crippen LogP contribution in [0.3, 0.4) is 0 Å². The molecule has 8 heavy (non-hydrogen) atoms. The maximum Gasteiger partial charge on any atom is 0.204 e. The van der Waals surface area contributed by atoms with Gasteiger partial charge in [0.25, 0.3) is 0 Å². The molecule has 0 aliphatic carbocycles. The Kier molecular flexibility index (Phi) is 1.97. The number of nitroso groups, excluding NO2 is 1. The largest absolute Gasteiger partial charge is 0.311 e. The van der Waals surface area contributed by atoms with E-state index in [-0.39, 0.29) is 0 Å². The third kappa shape index (κ3) is 1.58. The van der Waals surface area contributed by atoms with Gasteiger partial charge in [-0.15, -0.1) is 0 Å². The smallest absolute Gasteiger partial charge is 0.204 e. The van der Waals surface area contributed by atoms with Gasteiger partial charge in [0, 0.05) is 17.9 Å². The van der Waals surface area contributed by atoms with Crippen LogP contribution in [0.1, 0.15) is 6.42 Å². The zero-order valence-corrected chi connectivity index (χ0v) is 4.89. The molecular weight excluding hydrogens is 104 g/mol. The van der Waals surface area contributed by atoms with Crippen molar-refractivity contribution in [3.8, 4) is 0 Å². The van der Waals surface area contributed by atoms with Crippen molar-refractivity contribution in [2.75, 3.05) is 26.2 Å². The van der Waals surface area contributed by atoms with E-state index in [1.54, 1.807) is 0 Å². The number of nitrogens with one attached hydrogen (secondary N) is 1. The van der Waals surface area contributed by atoms with Crippen molar-refractivity contribution in [2.24, 2.45) is 0 Å². The van der Waals surface area contributed by atoms with Crippen LogP contribution in [0.4, 0.5) is 0 Å². The van der Waals surface area contributed by atoms with Gasteiger partial charge in [0.15, 0.2) is 6.54 Å². The molecule has 3 nitrogen and oxygen atoms in total. The lowest BCUT2D eigenvalue weighted by molar-refractivity contribution is -0.544. The summed E-state index contributed by atoms with van der Waals surface area (Å²) in [6, 6.07) is 0. The van der Waals surface area contributed by atoms with Crippen LogP contribution >= 0.6 is 0 Å². The molecule has 0 spiro atoms. The fourth-order valence-electron chi connectivity index (χ4n) is 0.821. The summed E-state index contributed by atoms with van der Waals surface area (Å²) in [4.78, 5) is 10.6.